The van der Waals surface area contributed by atoms with Gasteiger partial charge in [0.2, 0.25) is 11.7 Å². The van der Waals surface area contributed by atoms with E-state index in [1.165, 1.54) is 12.1 Å². The summed E-state index contributed by atoms with van der Waals surface area (Å²) in [6.45, 7) is 4.52. The number of carbonyl (C=O) groups excluding carboxylic acids is 1. The standard InChI is InChI=1S/C43H50FN5O6/c1-51-36-15-12-31(26-37(36)52-2)43(19-23-48(28-43)41(50)30-24-38(53-3)40(55-5)39(25-30)54-4)18-22-47-20-16-33(17-21-47)45-42-46-34-8-6-7-9-35(34)49(42)27-29-10-13-32(44)14-11-29/h6-15,24-26,33H,16-23,27-28H2,1-5H3,(H,45,46). The number of para-hydroxylation sites is 2. The zero-order valence-corrected chi connectivity index (χ0v) is 32.3. The molecule has 3 heterocycles. The molecule has 290 valence electrons. The van der Waals surface area contributed by atoms with E-state index in [2.05, 4.69) is 33.0 Å². The van der Waals surface area contributed by atoms with Gasteiger partial charge in [-0.05, 0) is 91.9 Å². The molecule has 0 aliphatic carbocycles. The number of fused-ring (bicyclic) bond motifs is 1. The highest BCUT2D eigenvalue weighted by molar-refractivity contribution is 5.96. The number of likely N-dealkylation sites (tertiary alicyclic amines) is 2. The summed E-state index contributed by atoms with van der Waals surface area (Å²) in [5.74, 6) is 3.19. The van der Waals surface area contributed by atoms with E-state index in [1.807, 2.05) is 41.3 Å². The molecule has 7 rings (SSSR count). The van der Waals surface area contributed by atoms with Crippen LogP contribution in [0.3, 0.4) is 0 Å². The Labute approximate surface area is 321 Å². The fourth-order valence-electron chi connectivity index (χ4n) is 8.16. The number of carbonyl (C=O) groups is 1. The molecule has 1 amide bonds. The first kappa shape index (κ1) is 37.8. The third-order valence-corrected chi connectivity index (χ3v) is 11.3. The van der Waals surface area contributed by atoms with E-state index < -0.39 is 0 Å². The first-order chi connectivity index (χ1) is 26.8. The Morgan fingerprint density at radius 3 is 2.18 bits per heavy atom. The third kappa shape index (κ3) is 7.86. The molecular weight excluding hydrogens is 702 g/mol. The minimum absolute atomic E-state index is 0.0843. The second kappa shape index (κ2) is 16.5. The van der Waals surface area contributed by atoms with Crippen molar-refractivity contribution in [1.29, 1.82) is 0 Å². The predicted octanol–water partition coefficient (Wildman–Crippen LogP) is 7.02. The SMILES string of the molecule is COc1ccc(C2(CCN3CCC(Nc4nc5ccccc5n4Cc4ccc(F)cc4)CC3)CCN(C(=O)c3cc(OC)c(OC)c(OC)c3)C2)cc1OC. The van der Waals surface area contributed by atoms with Gasteiger partial charge in [-0.15, -0.1) is 0 Å². The molecule has 12 heteroatoms. The lowest BCUT2D eigenvalue weighted by atomic mass is 9.76. The molecule has 11 nitrogen and oxygen atoms in total. The van der Waals surface area contributed by atoms with Crippen LogP contribution in [-0.4, -0.2) is 99.6 Å². The normalized spacial score (nSPS) is 17.7. The summed E-state index contributed by atoms with van der Waals surface area (Å²) in [7, 11) is 7.94. The lowest BCUT2D eigenvalue weighted by Gasteiger charge is -2.36. The minimum Gasteiger partial charge on any atom is -0.493 e. The summed E-state index contributed by atoms with van der Waals surface area (Å²) in [5, 5.41) is 3.76. The van der Waals surface area contributed by atoms with Gasteiger partial charge in [-0.2, -0.15) is 0 Å². The first-order valence-electron chi connectivity index (χ1n) is 18.8. The Morgan fingerprint density at radius 1 is 0.818 bits per heavy atom. The number of aromatic nitrogens is 2. The molecule has 2 saturated heterocycles. The van der Waals surface area contributed by atoms with Crippen LogP contribution < -0.4 is 29.0 Å². The highest BCUT2D eigenvalue weighted by Crippen LogP contribution is 2.43. The monoisotopic (exact) mass is 751 g/mol. The predicted molar refractivity (Wildman–Crippen MR) is 211 cm³/mol. The van der Waals surface area contributed by atoms with Crippen molar-refractivity contribution in [3.8, 4) is 28.7 Å². The van der Waals surface area contributed by atoms with Gasteiger partial charge in [0.25, 0.3) is 5.91 Å². The summed E-state index contributed by atoms with van der Waals surface area (Å²) >= 11 is 0. The highest BCUT2D eigenvalue weighted by atomic mass is 19.1. The number of hydrogen-bond acceptors (Lipinski definition) is 9. The number of nitrogens with zero attached hydrogens (tertiary/aromatic N) is 4. The molecule has 2 fully saturated rings. The average molecular weight is 752 g/mol. The molecule has 0 saturated carbocycles. The largest absolute Gasteiger partial charge is 0.493 e. The summed E-state index contributed by atoms with van der Waals surface area (Å²) in [6.07, 6.45) is 3.61. The quantitative estimate of drug-likeness (QED) is 0.128. The van der Waals surface area contributed by atoms with Crippen LogP contribution >= 0.6 is 0 Å². The second-order valence-corrected chi connectivity index (χ2v) is 14.4. The van der Waals surface area contributed by atoms with Crippen molar-refractivity contribution in [2.24, 2.45) is 0 Å². The molecule has 0 radical (unpaired) electrons. The molecule has 0 spiro atoms. The smallest absolute Gasteiger partial charge is 0.254 e. The van der Waals surface area contributed by atoms with Gasteiger partial charge in [-0.1, -0.05) is 30.3 Å². The van der Waals surface area contributed by atoms with Crippen molar-refractivity contribution < 1.29 is 32.9 Å². The van der Waals surface area contributed by atoms with Crippen LogP contribution in [0, 0.1) is 5.82 Å². The maximum absolute atomic E-state index is 14.1. The van der Waals surface area contributed by atoms with E-state index in [0.29, 0.717) is 53.9 Å². The second-order valence-electron chi connectivity index (χ2n) is 14.4. The van der Waals surface area contributed by atoms with Crippen LogP contribution in [0.5, 0.6) is 28.7 Å². The van der Waals surface area contributed by atoms with Gasteiger partial charge >= 0.3 is 0 Å². The van der Waals surface area contributed by atoms with Gasteiger partial charge in [0.15, 0.2) is 23.0 Å². The van der Waals surface area contributed by atoms with Crippen LogP contribution in [-0.2, 0) is 12.0 Å². The molecule has 1 unspecified atom stereocenters. The number of ether oxygens (including phenoxy) is 5. The molecule has 1 N–H and O–H groups in total. The third-order valence-electron chi connectivity index (χ3n) is 11.3. The summed E-state index contributed by atoms with van der Waals surface area (Å²) in [6, 6.07) is 24.6. The number of nitrogens with one attached hydrogen (secondary N) is 1. The van der Waals surface area contributed by atoms with Crippen LogP contribution in [0.1, 0.15) is 47.2 Å². The van der Waals surface area contributed by atoms with Crippen LogP contribution in [0.15, 0.2) is 78.9 Å². The Bertz CT molecular complexity index is 2090. The van der Waals surface area contributed by atoms with Gasteiger partial charge in [0, 0.05) is 43.2 Å². The molecule has 2 aliphatic rings. The average Bonchev–Trinajstić information content (AvgIpc) is 3.82. The van der Waals surface area contributed by atoms with Crippen molar-refractivity contribution in [3.05, 3.63) is 101 Å². The Balaban J connectivity index is 1.06. The number of anilines is 1. The number of halogens is 1. The van der Waals surface area contributed by atoms with Gasteiger partial charge in [0.05, 0.1) is 53.1 Å². The number of methoxy groups -OCH3 is 5. The van der Waals surface area contributed by atoms with Gasteiger partial charge in [-0.25, -0.2) is 9.37 Å². The van der Waals surface area contributed by atoms with Gasteiger partial charge < -0.3 is 43.4 Å². The molecule has 5 aromatic rings. The highest BCUT2D eigenvalue weighted by Gasteiger charge is 2.42. The number of hydrogen-bond donors (Lipinski definition) is 1. The van der Waals surface area contributed by atoms with Crippen LogP contribution in [0.4, 0.5) is 10.3 Å². The van der Waals surface area contributed by atoms with Gasteiger partial charge in [-0.3, -0.25) is 4.79 Å². The van der Waals surface area contributed by atoms with E-state index in [0.717, 1.165) is 73.4 Å². The van der Waals surface area contributed by atoms with Crippen molar-refractivity contribution in [2.45, 2.75) is 43.7 Å². The van der Waals surface area contributed by atoms with Crippen molar-refractivity contribution in [1.82, 2.24) is 19.4 Å². The van der Waals surface area contributed by atoms with E-state index in [1.54, 1.807) is 47.7 Å². The Morgan fingerprint density at radius 2 is 1.51 bits per heavy atom. The number of benzene rings is 4. The summed E-state index contributed by atoms with van der Waals surface area (Å²) in [4.78, 5) is 23.5. The fraction of sp³-hybridized carbons (Fsp3) is 0.395. The lowest BCUT2D eigenvalue weighted by Crippen LogP contribution is -2.42. The van der Waals surface area contributed by atoms with Crippen molar-refractivity contribution >= 4 is 22.9 Å². The van der Waals surface area contributed by atoms with Crippen molar-refractivity contribution in [3.63, 3.8) is 0 Å². The molecular formula is C43H50FN5O6. The zero-order chi connectivity index (χ0) is 38.5. The van der Waals surface area contributed by atoms with Crippen LogP contribution in [0.25, 0.3) is 11.0 Å². The first-order valence-corrected chi connectivity index (χ1v) is 18.8. The zero-order valence-electron chi connectivity index (χ0n) is 32.3. The maximum Gasteiger partial charge on any atom is 0.254 e. The van der Waals surface area contributed by atoms with Crippen molar-refractivity contribution in [2.75, 3.05) is 73.6 Å². The molecule has 1 aromatic heterocycles. The van der Waals surface area contributed by atoms with E-state index >= 15 is 0 Å². The van der Waals surface area contributed by atoms with Crippen LogP contribution in [0.2, 0.25) is 0 Å². The molecule has 1 atom stereocenters. The molecule has 2 aliphatic heterocycles. The minimum atomic E-state index is -0.295. The topological polar surface area (TPSA) is 99.6 Å². The van der Waals surface area contributed by atoms with E-state index in [4.69, 9.17) is 28.7 Å². The molecule has 55 heavy (non-hydrogen) atoms. The molecule has 0 bridgehead atoms. The van der Waals surface area contributed by atoms with Gasteiger partial charge in [0.1, 0.15) is 5.82 Å². The maximum atomic E-state index is 14.1. The Kier molecular flexibility index (Phi) is 11.3. The number of imidazole rings is 1. The number of piperidine rings is 1. The lowest BCUT2D eigenvalue weighted by molar-refractivity contribution is 0.0779. The molecule has 4 aromatic carbocycles. The number of amides is 1. The summed E-state index contributed by atoms with van der Waals surface area (Å²) in [5.41, 5.74) is 4.30. The van der Waals surface area contributed by atoms with E-state index in [9.17, 15) is 9.18 Å². The summed E-state index contributed by atoms with van der Waals surface area (Å²) < 4.78 is 43.8. The number of rotatable bonds is 14. The fourth-order valence-corrected chi connectivity index (χ4v) is 8.16. The van der Waals surface area contributed by atoms with E-state index in [-0.39, 0.29) is 23.2 Å². The Hall–Kier alpha value is -5.49.